The number of nitrogens with one attached hydrogen (secondary N) is 1. The Bertz CT molecular complexity index is 1020. The van der Waals surface area contributed by atoms with Crippen molar-refractivity contribution in [3.05, 3.63) is 64.7 Å². The summed E-state index contributed by atoms with van der Waals surface area (Å²) >= 11 is 0. The Morgan fingerprint density at radius 3 is 2.71 bits per heavy atom. The Morgan fingerprint density at radius 2 is 1.89 bits per heavy atom. The zero-order valence-corrected chi connectivity index (χ0v) is 21.8. The molecule has 3 heterocycles. The van der Waals surface area contributed by atoms with Crippen LogP contribution in [0.4, 0.5) is 0 Å². The van der Waals surface area contributed by atoms with Crippen LogP contribution >= 0.6 is 0 Å². The summed E-state index contributed by atoms with van der Waals surface area (Å²) in [6, 6.07) is 17.4. The SMILES string of the molecule is CC(C)c1ccccc1C1CN(Cc2ccc3c(c2)CCCO3)CCN1C1CC2(CCNCC2)C1. The predicted molar refractivity (Wildman–Crippen MR) is 143 cm³/mol. The molecule has 2 saturated heterocycles. The van der Waals surface area contributed by atoms with Gasteiger partial charge in [0.25, 0.3) is 0 Å². The number of aryl methyl sites for hydroxylation is 1. The highest BCUT2D eigenvalue weighted by molar-refractivity contribution is 5.39. The minimum atomic E-state index is 0.493. The molecule has 0 amide bonds. The van der Waals surface area contributed by atoms with Gasteiger partial charge in [-0.25, -0.2) is 0 Å². The van der Waals surface area contributed by atoms with Crippen molar-refractivity contribution in [2.45, 2.75) is 76.9 Å². The van der Waals surface area contributed by atoms with Crippen molar-refractivity contribution in [3.63, 3.8) is 0 Å². The average molecular weight is 474 g/mol. The third kappa shape index (κ3) is 4.77. The molecule has 1 spiro atoms. The number of fused-ring (bicyclic) bond motifs is 1. The maximum Gasteiger partial charge on any atom is 0.122 e. The molecule has 1 atom stereocenters. The van der Waals surface area contributed by atoms with Crippen molar-refractivity contribution in [1.29, 1.82) is 0 Å². The van der Waals surface area contributed by atoms with E-state index >= 15 is 0 Å². The van der Waals surface area contributed by atoms with Gasteiger partial charge < -0.3 is 10.1 Å². The number of hydrogen-bond donors (Lipinski definition) is 1. The molecule has 0 radical (unpaired) electrons. The van der Waals surface area contributed by atoms with E-state index in [9.17, 15) is 0 Å². The summed E-state index contributed by atoms with van der Waals surface area (Å²) in [5, 5.41) is 3.58. The predicted octanol–water partition coefficient (Wildman–Crippen LogP) is 5.53. The third-order valence-corrected chi connectivity index (χ3v) is 9.33. The summed E-state index contributed by atoms with van der Waals surface area (Å²) in [5.41, 5.74) is 6.57. The first-order valence-electron chi connectivity index (χ1n) is 14.1. The van der Waals surface area contributed by atoms with Crippen LogP contribution in [0.3, 0.4) is 0 Å². The van der Waals surface area contributed by atoms with Crippen LogP contribution in [0.1, 0.15) is 80.2 Å². The van der Waals surface area contributed by atoms with Crippen LogP contribution in [0.25, 0.3) is 0 Å². The monoisotopic (exact) mass is 473 g/mol. The van der Waals surface area contributed by atoms with E-state index < -0.39 is 0 Å². The summed E-state index contributed by atoms with van der Waals surface area (Å²) in [7, 11) is 0. The Kier molecular flexibility index (Phi) is 6.64. The topological polar surface area (TPSA) is 27.7 Å². The minimum absolute atomic E-state index is 0.493. The Balaban J connectivity index is 1.22. The van der Waals surface area contributed by atoms with Gasteiger partial charge in [-0.3, -0.25) is 9.80 Å². The highest BCUT2D eigenvalue weighted by atomic mass is 16.5. The second-order valence-corrected chi connectivity index (χ2v) is 12.0. The summed E-state index contributed by atoms with van der Waals surface area (Å²) < 4.78 is 5.86. The lowest BCUT2D eigenvalue weighted by molar-refractivity contribution is -0.0650. The minimum Gasteiger partial charge on any atom is -0.493 e. The van der Waals surface area contributed by atoms with Gasteiger partial charge in [0.15, 0.2) is 0 Å². The van der Waals surface area contributed by atoms with Crippen LogP contribution in [0.2, 0.25) is 0 Å². The lowest BCUT2D eigenvalue weighted by Gasteiger charge is -2.57. The van der Waals surface area contributed by atoms with E-state index in [1.165, 1.54) is 68.6 Å². The lowest BCUT2D eigenvalue weighted by Crippen LogP contribution is -2.59. The van der Waals surface area contributed by atoms with Gasteiger partial charge >= 0.3 is 0 Å². The van der Waals surface area contributed by atoms with Crippen molar-refractivity contribution in [3.8, 4) is 5.75 Å². The first-order valence-corrected chi connectivity index (χ1v) is 14.1. The molecule has 1 unspecified atom stereocenters. The van der Waals surface area contributed by atoms with E-state index in [1.54, 1.807) is 5.56 Å². The molecule has 3 aliphatic heterocycles. The van der Waals surface area contributed by atoms with Crippen LogP contribution in [0.15, 0.2) is 42.5 Å². The molecular weight excluding hydrogens is 430 g/mol. The normalized spacial score (nSPS) is 25.3. The fourth-order valence-corrected chi connectivity index (χ4v) is 7.36. The fourth-order valence-electron chi connectivity index (χ4n) is 7.36. The molecule has 1 N–H and O–H groups in total. The van der Waals surface area contributed by atoms with Gasteiger partial charge in [-0.2, -0.15) is 0 Å². The van der Waals surface area contributed by atoms with Crippen LogP contribution in [0, 0.1) is 5.41 Å². The second kappa shape index (κ2) is 9.88. The van der Waals surface area contributed by atoms with Gasteiger partial charge in [-0.1, -0.05) is 50.2 Å². The van der Waals surface area contributed by atoms with E-state index in [1.807, 2.05) is 0 Å². The molecule has 4 nitrogen and oxygen atoms in total. The maximum atomic E-state index is 5.86. The Morgan fingerprint density at radius 1 is 1.06 bits per heavy atom. The fraction of sp³-hybridized carbons (Fsp3) is 0.613. The first-order chi connectivity index (χ1) is 17.1. The summed E-state index contributed by atoms with van der Waals surface area (Å²) in [5.74, 6) is 1.66. The molecule has 188 valence electrons. The molecule has 6 rings (SSSR count). The van der Waals surface area contributed by atoms with Crippen molar-refractivity contribution in [2.24, 2.45) is 5.41 Å². The zero-order valence-electron chi connectivity index (χ0n) is 21.8. The zero-order chi connectivity index (χ0) is 23.8. The Labute approximate surface area is 212 Å². The first kappa shape index (κ1) is 23.5. The highest BCUT2D eigenvalue weighted by Gasteiger charge is 2.49. The molecule has 2 aromatic rings. The largest absolute Gasteiger partial charge is 0.493 e. The van der Waals surface area contributed by atoms with Gasteiger partial charge in [-0.15, -0.1) is 0 Å². The third-order valence-electron chi connectivity index (χ3n) is 9.33. The molecule has 1 aliphatic carbocycles. The van der Waals surface area contributed by atoms with E-state index in [4.69, 9.17) is 4.74 Å². The number of piperidine rings is 1. The van der Waals surface area contributed by atoms with E-state index in [0.29, 0.717) is 17.4 Å². The smallest absolute Gasteiger partial charge is 0.122 e. The van der Waals surface area contributed by atoms with Gasteiger partial charge in [-0.05, 0) is 91.3 Å². The molecular formula is C31H43N3O. The molecule has 0 bridgehead atoms. The summed E-state index contributed by atoms with van der Waals surface area (Å²) in [6.07, 6.45) is 7.85. The van der Waals surface area contributed by atoms with Crippen molar-refractivity contribution in [2.75, 3.05) is 39.3 Å². The number of hydrogen-bond acceptors (Lipinski definition) is 4. The quantitative estimate of drug-likeness (QED) is 0.618. The number of benzene rings is 2. The molecule has 0 aromatic heterocycles. The van der Waals surface area contributed by atoms with Crippen molar-refractivity contribution < 1.29 is 4.74 Å². The lowest BCUT2D eigenvalue weighted by atomic mass is 9.60. The molecule has 35 heavy (non-hydrogen) atoms. The number of ether oxygens (including phenoxy) is 1. The summed E-state index contributed by atoms with van der Waals surface area (Å²) in [4.78, 5) is 5.62. The van der Waals surface area contributed by atoms with Crippen LogP contribution < -0.4 is 10.1 Å². The van der Waals surface area contributed by atoms with E-state index in [-0.39, 0.29) is 0 Å². The molecule has 2 aromatic carbocycles. The standard InChI is InChI=1S/C31H43N3O/c1-23(2)27-7-3-4-8-28(27)29-22-33(21-24-9-10-30-25(18-24)6-5-17-35-30)15-16-34(29)26-19-31(20-26)11-13-32-14-12-31/h3-4,7-10,18,23,26,29,32H,5-6,11-17,19-22H2,1-2H3. The van der Waals surface area contributed by atoms with Crippen LogP contribution in [0.5, 0.6) is 5.75 Å². The second-order valence-electron chi connectivity index (χ2n) is 12.0. The number of nitrogens with zero attached hydrogens (tertiary/aromatic N) is 2. The molecule has 1 saturated carbocycles. The van der Waals surface area contributed by atoms with Crippen LogP contribution in [-0.2, 0) is 13.0 Å². The summed E-state index contributed by atoms with van der Waals surface area (Å²) in [6.45, 7) is 12.5. The van der Waals surface area contributed by atoms with Gasteiger partial charge in [0, 0.05) is 38.3 Å². The highest BCUT2D eigenvalue weighted by Crippen LogP contribution is 2.52. The maximum absolute atomic E-state index is 5.86. The van der Waals surface area contributed by atoms with Gasteiger partial charge in [0.2, 0.25) is 0 Å². The van der Waals surface area contributed by atoms with E-state index in [0.717, 1.165) is 44.3 Å². The average Bonchev–Trinajstić information content (AvgIpc) is 2.88. The Hall–Kier alpha value is -1.88. The van der Waals surface area contributed by atoms with Gasteiger partial charge in [0.1, 0.15) is 5.75 Å². The van der Waals surface area contributed by atoms with Crippen molar-refractivity contribution in [1.82, 2.24) is 15.1 Å². The molecule has 4 aliphatic rings. The number of piperazine rings is 1. The number of rotatable bonds is 5. The molecule has 4 heteroatoms. The van der Waals surface area contributed by atoms with Crippen LogP contribution in [-0.4, -0.2) is 55.2 Å². The van der Waals surface area contributed by atoms with E-state index in [2.05, 4.69) is 71.4 Å². The molecule has 3 fully saturated rings. The van der Waals surface area contributed by atoms with Gasteiger partial charge in [0.05, 0.1) is 6.61 Å². The van der Waals surface area contributed by atoms with Crippen molar-refractivity contribution >= 4 is 0 Å².